The fourth-order valence-corrected chi connectivity index (χ4v) is 3.80. The molecule has 1 saturated carbocycles. The zero-order chi connectivity index (χ0) is 14.4. The molecule has 0 aromatic heterocycles. The molecule has 1 aliphatic heterocycles. The minimum absolute atomic E-state index is 0.407. The van der Waals surface area contributed by atoms with Crippen LogP contribution in [0.2, 0.25) is 0 Å². The number of hydrogen-bond acceptors (Lipinski definition) is 3. The van der Waals surface area contributed by atoms with Crippen molar-refractivity contribution in [3.63, 3.8) is 0 Å². The predicted molar refractivity (Wildman–Crippen MR) is 85.1 cm³/mol. The van der Waals surface area contributed by atoms with Gasteiger partial charge in [0.1, 0.15) is 0 Å². The number of nitrogens with one attached hydrogen (secondary N) is 1. The van der Waals surface area contributed by atoms with Crippen LogP contribution in [-0.2, 0) is 4.74 Å². The van der Waals surface area contributed by atoms with Crippen molar-refractivity contribution in [1.82, 2.24) is 10.2 Å². The maximum atomic E-state index is 5.70. The quantitative estimate of drug-likeness (QED) is 0.784. The van der Waals surface area contributed by atoms with E-state index in [4.69, 9.17) is 4.74 Å². The molecule has 1 heterocycles. The normalized spacial score (nSPS) is 28.5. The molecule has 0 aromatic carbocycles. The Balaban J connectivity index is 1.96. The Kier molecular flexibility index (Phi) is 6.31. The number of morpholine rings is 1. The molecule has 1 unspecified atom stereocenters. The van der Waals surface area contributed by atoms with Crippen molar-refractivity contribution in [2.75, 3.05) is 32.8 Å². The Bertz CT molecular complexity index is 272. The van der Waals surface area contributed by atoms with Gasteiger partial charge in [0.25, 0.3) is 0 Å². The van der Waals surface area contributed by atoms with Gasteiger partial charge in [0.2, 0.25) is 0 Å². The van der Waals surface area contributed by atoms with Gasteiger partial charge < -0.3 is 10.1 Å². The summed E-state index contributed by atoms with van der Waals surface area (Å²) in [7, 11) is 0. The van der Waals surface area contributed by atoms with Gasteiger partial charge >= 0.3 is 0 Å². The van der Waals surface area contributed by atoms with Gasteiger partial charge in [0, 0.05) is 32.2 Å². The van der Waals surface area contributed by atoms with Crippen molar-refractivity contribution in [2.24, 2.45) is 5.41 Å². The number of rotatable bonds is 5. The Morgan fingerprint density at radius 3 is 2.50 bits per heavy atom. The van der Waals surface area contributed by atoms with E-state index in [0.717, 1.165) is 19.7 Å². The van der Waals surface area contributed by atoms with Gasteiger partial charge in [-0.05, 0) is 25.2 Å². The molecule has 2 fully saturated rings. The topological polar surface area (TPSA) is 24.5 Å². The first kappa shape index (κ1) is 16.3. The fourth-order valence-electron chi connectivity index (χ4n) is 3.80. The van der Waals surface area contributed by atoms with Crippen LogP contribution in [0.3, 0.4) is 0 Å². The van der Waals surface area contributed by atoms with Gasteiger partial charge in [-0.2, -0.15) is 0 Å². The second-order valence-corrected chi connectivity index (χ2v) is 7.37. The molecule has 1 N–H and O–H groups in total. The Labute approximate surface area is 125 Å². The van der Waals surface area contributed by atoms with E-state index in [9.17, 15) is 0 Å². The van der Waals surface area contributed by atoms with Gasteiger partial charge in [-0.3, -0.25) is 4.90 Å². The van der Waals surface area contributed by atoms with Crippen LogP contribution < -0.4 is 5.32 Å². The number of ether oxygens (including phenoxy) is 1. The van der Waals surface area contributed by atoms with Gasteiger partial charge in [-0.15, -0.1) is 0 Å². The first-order valence-corrected chi connectivity index (χ1v) is 8.67. The third-order valence-electron chi connectivity index (χ3n) is 4.93. The van der Waals surface area contributed by atoms with Crippen molar-refractivity contribution in [2.45, 2.75) is 71.4 Å². The van der Waals surface area contributed by atoms with Crippen LogP contribution in [0, 0.1) is 5.41 Å². The molecular weight excluding hydrogens is 248 g/mol. The third kappa shape index (κ3) is 5.01. The average molecular weight is 282 g/mol. The van der Waals surface area contributed by atoms with Crippen LogP contribution in [-0.4, -0.2) is 49.8 Å². The minimum atomic E-state index is 0.407. The van der Waals surface area contributed by atoms with Gasteiger partial charge in [0.15, 0.2) is 0 Å². The largest absolute Gasteiger partial charge is 0.376 e. The first-order chi connectivity index (χ1) is 9.60. The van der Waals surface area contributed by atoms with Gasteiger partial charge in [-0.25, -0.2) is 0 Å². The molecule has 0 aromatic rings. The second kappa shape index (κ2) is 7.77. The Morgan fingerprint density at radius 2 is 1.90 bits per heavy atom. The fraction of sp³-hybridized carbons (Fsp3) is 1.00. The van der Waals surface area contributed by atoms with Crippen LogP contribution in [0.5, 0.6) is 0 Å². The molecule has 2 aliphatic rings. The lowest BCUT2D eigenvalue weighted by Crippen LogP contribution is -2.50. The highest BCUT2D eigenvalue weighted by Gasteiger charge is 2.34. The van der Waals surface area contributed by atoms with Gasteiger partial charge in [-0.1, -0.05) is 39.5 Å². The van der Waals surface area contributed by atoms with E-state index in [1.54, 1.807) is 0 Å². The maximum absolute atomic E-state index is 5.70. The molecule has 3 heteroatoms. The van der Waals surface area contributed by atoms with E-state index in [1.807, 2.05) is 0 Å². The smallest absolute Gasteiger partial charge is 0.0674 e. The lowest BCUT2D eigenvalue weighted by Gasteiger charge is -2.41. The van der Waals surface area contributed by atoms with Crippen molar-refractivity contribution in [3.8, 4) is 0 Å². The first-order valence-electron chi connectivity index (χ1n) is 8.67. The van der Waals surface area contributed by atoms with Crippen LogP contribution >= 0.6 is 0 Å². The maximum Gasteiger partial charge on any atom is 0.0674 e. The van der Waals surface area contributed by atoms with Crippen LogP contribution in [0.25, 0.3) is 0 Å². The highest BCUT2D eigenvalue weighted by atomic mass is 16.5. The second-order valence-electron chi connectivity index (χ2n) is 7.37. The monoisotopic (exact) mass is 282 g/mol. The summed E-state index contributed by atoms with van der Waals surface area (Å²) in [5.74, 6) is 0. The molecule has 3 nitrogen and oxygen atoms in total. The number of nitrogens with zero attached hydrogens (tertiary/aromatic N) is 1. The number of hydrogen-bond donors (Lipinski definition) is 1. The molecule has 0 bridgehead atoms. The van der Waals surface area contributed by atoms with Crippen molar-refractivity contribution < 1.29 is 4.74 Å². The molecule has 1 saturated heterocycles. The Morgan fingerprint density at radius 1 is 1.20 bits per heavy atom. The summed E-state index contributed by atoms with van der Waals surface area (Å²) < 4.78 is 5.70. The highest BCUT2D eigenvalue weighted by Crippen LogP contribution is 2.36. The summed E-state index contributed by atoms with van der Waals surface area (Å²) in [6, 6.07) is 0.596. The van der Waals surface area contributed by atoms with E-state index < -0.39 is 0 Å². The molecule has 0 radical (unpaired) electrons. The van der Waals surface area contributed by atoms with E-state index in [2.05, 4.69) is 31.0 Å². The zero-order valence-corrected chi connectivity index (χ0v) is 13.8. The zero-order valence-electron chi connectivity index (χ0n) is 13.8. The minimum Gasteiger partial charge on any atom is -0.376 e. The molecule has 1 atom stereocenters. The third-order valence-corrected chi connectivity index (χ3v) is 4.93. The van der Waals surface area contributed by atoms with Crippen LogP contribution in [0.15, 0.2) is 0 Å². The van der Waals surface area contributed by atoms with E-state index in [1.165, 1.54) is 51.6 Å². The highest BCUT2D eigenvalue weighted by molar-refractivity contribution is 4.88. The van der Waals surface area contributed by atoms with Gasteiger partial charge in [0.05, 0.1) is 12.7 Å². The molecule has 118 valence electrons. The molecule has 1 aliphatic carbocycles. The summed E-state index contributed by atoms with van der Waals surface area (Å²) in [5.41, 5.74) is 0.498. The average Bonchev–Trinajstić information content (AvgIpc) is 2.63. The molecule has 2 rings (SSSR count). The lowest BCUT2D eigenvalue weighted by molar-refractivity contribution is -0.0344. The summed E-state index contributed by atoms with van der Waals surface area (Å²) in [6.45, 7) is 12.3. The summed E-state index contributed by atoms with van der Waals surface area (Å²) in [5, 5.41) is 3.73. The SMILES string of the molecule is CC(C)NCC1(CN2CCOC(C)C2)CCCCCC1. The summed E-state index contributed by atoms with van der Waals surface area (Å²) in [6.07, 6.45) is 8.91. The molecular formula is C17H34N2O. The van der Waals surface area contributed by atoms with Crippen molar-refractivity contribution in [1.29, 1.82) is 0 Å². The predicted octanol–water partition coefficient (Wildman–Crippen LogP) is 3.05. The summed E-state index contributed by atoms with van der Waals surface area (Å²) in [4.78, 5) is 2.65. The van der Waals surface area contributed by atoms with E-state index in [-0.39, 0.29) is 0 Å². The molecule has 0 amide bonds. The molecule has 20 heavy (non-hydrogen) atoms. The standard InChI is InChI=1S/C17H34N2O/c1-15(2)18-13-17(8-6-4-5-7-9-17)14-19-10-11-20-16(3)12-19/h15-16,18H,4-14H2,1-3H3. The van der Waals surface area contributed by atoms with E-state index in [0.29, 0.717) is 17.6 Å². The van der Waals surface area contributed by atoms with E-state index >= 15 is 0 Å². The van der Waals surface area contributed by atoms with Crippen LogP contribution in [0.4, 0.5) is 0 Å². The Hall–Kier alpha value is -0.120. The van der Waals surface area contributed by atoms with Crippen LogP contribution in [0.1, 0.15) is 59.3 Å². The molecule has 0 spiro atoms. The van der Waals surface area contributed by atoms with Crippen molar-refractivity contribution >= 4 is 0 Å². The lowest BCUT2D eigenvalue weighted by atomic mass is 9.79. The van der Waals surface area contributed by atoms with Crippen molar-refractivity contribution in [3.05, 3.63) is 0 Å². The summed E-state index contributed by atoms with van der Waals surface area (Å²) >= 11 is 0.